The van der Waals surface area contributed by atoms with Gasteiger partial charge in [-0.1, -0.05) is 19.8 Å². The molecule has 2 saturated carbocycles. The zero-order chi connectivity index (χ0) is 17.2. The molecular weight excluding hydrogens is 348 g/mol. The average Bonchev–Trinajstić information content (AvgIpc) is 3.08. The zero-order valence-corrected chi connectivity index (χ0v) is 17.1. The molecule has 0 spiro atoms. The standard InChI is InChI=1S/C21H36N2O2.ClH/c1-15-6-8-17(9-7-15)25-18-10-12-23(13-11-18)21(24)20-14-16-4-2-3-5-19(16)22-20;/h15-20,22H,2-14H2,1H3;1H. The molecule has 0 radical (unpaired) electrons. The van der Waals surface area contributed by atoms with Crippen LogP contribution in [0, 0.1) is 11.8 Å². The van der Waals surface area contributed by atoms with Gasteiger partial charge in [-0.25, -0.2) is 0 Å². The van der Waals surface area contributed by atoms with E-state index >= 15 is 0 Å². The average molecular weight is 385 g/mol. The van der Waals surface area contributed by atoms with Gasteiger partial charge in [0.15, 0.2) is 0 Å². The molecular formula is C21H37ClN2O2. The molecule has 0 aromatic carbocycles. The second-order valence-corrected chi connectivity index (χ2v) is 9.15. The third-order valence-electron chi connectivity index (χ3n) is 7.26. The number of nitrogens with one attached hydrogen (secondary N) is 1. The number of rotatable bonds is 3. The predicted molar refractivity (Wildman–Crippen MR) is 107 cm³/mol. The highest BCUT2D eigenvalue weighted by atomic mass is 35.5. The van der Waals surface area contributed by atoms with E-state index < -0.39 is 0 Å². The largest absolute Gasteiger partial charge is 0.375 e. The zero-order valence-electron chi connectivity index (χ0n) is 16.3. The topological polar surface area (TPSA) is 41.6 Å². The molecule has 0 aromatic heterocycles. The van der Waals surface area contributed by atoms with Crippen LogP contribution in [0.4, 0.5) is 0 Å². The van der Waals surface area contributed by atoms with Crippen molar-refractivity contribution in [1.29, 1.82) is 0 Å². The maximum absolute atomic E-state index is 12.9. The molecule has 4 aliphatic rings. The first-order valence-electron chi connectivity index (χ1n) is 10.9. The van der Waals surface area contributed by atoms with Crippen LogP contribution in [-0.2, 0) is 9.53 Å². The Hall–Kier alpha value is -0.320. The monoisotopic (exact) mass is 384 g/mol. The van der Waals surface area contributed by atoms with E-state index in [-0.39, 0.29) is 18.4 Å². The van der Waals surface area contributed by atoms with Crippen molar-refractivity contribution in [3.63, 3.8) is 0 Å². The number of amides is 1. The highest BCUT2D eigenvalue weighted by Crippen LogP contribution is 2.34. The number of nitrogens with zero attached hydrogens (tertiary/aromatic N) is 1. The molecule has 5 heteroatoms. The number of hydrogen-bond donors (Lipinski definition) is 1. The summed E-state index contributed by atoms with van der Waals surface area (Å²) in [4.78, 5) is 15.0. The maximum atomic E-state index is 12.9. The number of likely N-dealkylation sites (tertiary alicyclic amines) is 1. The van der Waals surface area contributed by atoms with E-state index in [0.717, 1.165) is 44.2 Å². The molecule has 26 heavy (non-hydrogen) atoms. The lowest BCUT2D eigenvalue weighted by Gasteiger charge is -2.36. The summed E-state index contributed by atoms with van der Waals surface area (Å²) in [5, 5.41) is 3.65. The van der Waals surface area contributed by atoms with Gasteiger partial charge in [-0.3, -0.25) is 4.79 Å². The Kier molecular flexibility index (Phi) is 7.26. The summed E-state index contributed by atoms with van der Waals surface area (Å²) >= 11 is 0. The Morgan fingerprint density at radius 3 is 2.27 bits per heavy atom. The van der Waals surface area contributed by atoms with E-state index in [0.29, 0.717) is 24.2 Å². The van der Waals surface area contributed by atoms with Crippen LogP contribution in [0.15, 0.2) is 0 Å². The van der Waals surface area contributed by atoms with Crippen LogP contribution in [-0.4, -0.2) is 48.2 Å². The van der Waals surface area contributed by atoms with Crippen molar-refractivity contribution in [1.82, 2.24) is 10.2 Å². The van der Waals surface area contributed by atoms with Crippen LogP contribution in [0.3, 0.4) is 0 Å². The number of carbonyl (C=O) groups excluding carboxylic acids is 1. The van der Waals surface area contributed by atoms with E-state index in [1.54, 1.807) is 0 Å². The van der Waals surface area contributed by atoms with E-state index in [4.69, 9.17) is 4.74 Å². The number of carbonyl (C=O) groups is 1. The van der Waals surface area contributed by atoms with Crippen molar-refractivity contribution in [2.24, 2.45) is 11.8 Å². The van der Waals surface area contributed by atoms with Gasteiger partial charge in [0.2, 0.25) is 5.91 Å². The molecule has 2 saturated heterocycles. The first-order chi connectivity index (χ1) is 12.2. The molecule has 4 nitrogen and oxygen atoms in total. The maximum Gasteiger partial charge on any atom is 0.239 e. The number of halogens is 1. The minimum absolute atomic E-state index is 0. The Bertz CT molecular complexity index is 445. The third-order valence-corrected chi connectivity index (χ3v) is 7.26. The van der Waals surface area contributed by atoms with E-state index in [9.17, 15) is 4.79 Å². The van der Waals surface area contributed by atoms with Gasteiger partial charge < -0.3 is 15.0 Å². The molecule has 2 aliphatic heterocycles. The summed E-state index contributed by atoms with van der Waals surface area (Å²) in [6, 6.07) is 0.697. The fourth-order valence-electron chi connectivity index (χ4n) is 5.58. The lowest BCUT2D eigenvalue weighted by atomic mass is 9.85. The van der Waals surface area contributed by atoms with E-state index in [2.05, 4.69) is 17.1 Å². The molecule has 1 N–H and O–H groups in total. The van der Waals surface area contributed by atoms with E-state index in [1.165, 1.54) is 51.4 Å². The summed E-state index contributed by atoms with van der Waals surface area (Å²) < 4.78 is 6.36. The van der Waals surface area contributed by atoms with Crippen molar-refractivity contribution in [2.45, 2.75) is 102 Å². The summed E-state index contributed by atoms with van der Waals surface area (Å²) in [7, 11) is 0. The molecule has 2 heterocycles. The van der Waals surface area contributed by atoms with Crippen molar-refractivity contribution >= 4 is 18.3 Å². The second-order valence-electron chi connectivity index (χ2n) is 9.15. The lowest BCUT2D eigenvalue weighted by Crippen LogP contribution is -2.49. The van der Waals surface area contributed by atoms with Gasteiger partial charge in [0.05, 0.1) is 18.2 Å². The van der Waals surface area contributed by atoms with Gasteiger partial charge in [0.25, 0.3) is 0 Å². The Labute approximate surface area is 165 Å². The highest BCUT2D eigenvalue weighted by molar-refractivity contribution is 5.85. The van der Waals surface area contributed by atoms with Gasteiger partial charge >= 0.3 is 0 Å². The molecule has 0 aromatic rings. The van der Waals surface area contributed by atoms with Crippen molar-refractivity contribution in [2.75, 3.05) is 13.1 Å². The fraction of sp³-hybridized carbons (Fsp3) is 0.952. The smallest absolute Gasteiger partial charge is 0.239 e. The van der Waals surface area contributed by atoms with Crippen LogP contribution in [0.2, 0.25) is 0 Å². The Morgan fingerprint density at radius 2 is 1.58 bits per heavy atom. The quantitative estimate of drug-likeness (QED) is 0.801. The summed E-state index contributed by atoms with van der Waals surface area (Å²) in [5.41, 5.74) is 0. The highest BCUT2D eigenvalue weighted by Gasteiger charge is 2.40. The first kappa shape index (κ1) is 20.4. The molecule has 4 rings (SSSR count). The summed E-state index contributed by atoms with van der Waals surface area (Å²) in [6.07, 6.45) is 14.3. The first-order valence-corrected chi connectivity index (χ1v) is 10.9. The lowest BCUT2D eigenvalue weighted by molar-refractivity contribution is -0.137. The number of hydrogen-bond acceptors (Lipinski definition) is 3. The summed E-state index contributed by atoms with van der Waals surface area (Å²) in [6.45, 7) is 4.13. The van der Waals surface area contributed by atoms with Crippen molar-refractivity contribution < 1.29 is 9.53 Å². The van der Waals surface area contributed by atoms with Gasteiger partial charge in [-0.05, 0) is 69.6 Å². The van der Waals surface area contributed by atoms with Gasteiger partial charge in [-0.15, -0.1) is 12.4 Å². The molecule has 2 aliphatic carbocycles. The number of piperidine rings is 1. The van der Waals surface area contributed by atoms with Crippen molar-refractivity contribution in [3.05, 3.63) is 0 Å². The Balaban J connectivity index is 0.00000196. The fourth-order valence-corrected chi connectivity index (χ4v) is 5.58. The van der Waals surface area contributed by atoms with Gasteiger partial charge in [0.1, 0.15) is 0 Å². The van der Waals surface area contributed by atoms with Gasteiger partial charge in [-0.2, -0.15) is 0 Å². The molecule has 150 valence electrons. The normalized spacial score (nSPS) is 38.5. The van der Waals surface area contributed by atoms with Gasteiger partial charge in [0, 0.05) is 19.1 Å². The Morgan fingerprint density at radius 1 is 0.923 bits per heavy atom. The number of ether oxygens (including phenoxy) is 1. The molecule has 3 atom stereocenters. The van der Waals surface area contributed by atoms with Crippen LogP contribution in [0.5, 0.6) is 0 Å². The second kappa shape index (κ2) is 9.25. The molecule has 1 amide bonds. The summed E-state index contributed by atoms with van der Waals surface area (Å²) in [5.74, 6) is 1.98. The van der Waals surface area contributed by atoms with Crippen LogP contribution >= 0.6 is 12.4 Å². The molecule has 0 bridgehead atoms. The van der Waals surface area contributed by atoms with Crippen molar-refractivity contribution in [3.8, 4) is 0 Å². The third kappa shape index (κ3) is 4.74. The van der Waals surface area contributed by atoms with Crippen LogP contribution < -0.4 is 5.32 Å². The minimum Gasteiger partial charge on any atom is -0.375 e. The number of fused-ring (bicyclic) bond motifs is 1. The predicted octanol–water partition coefficient (Wildman–Crippen LogP) is 3.92. The van der Waals surface area contributed by atoms with Crippen LogP contribution in [0.1, 0.15) is 77.6 Å². The molecule has 4 fully saturated rings. The minimum atomic E-state index is 0. The molecule has 3 unspecified atom stereocenters. The SMILES string of the molecule is CC1CCC(OC2CCN(C(=O)C3CC4CCCCC4N3)CC2)CC1.Cl. The van der Waals surface area contributed by atoms with Crippen LogP contribution in [0.25, 0.3) is 0 Å². The van der Waals surface area contributed by atoms with E-state index in [1.807, 2.05) is 0 Å².